The zero-order chi connectivity index (χ0) is 34.2. The number of benzene rings is 7. The first-order valence-corrected chi connectivity index (χ1v) is 18.0. The van der Waals surface area contributed by atoms with Crippen molar-refractivity contribution in [3.63, 3.8) is 0 Å². The normalized spacial score (nSPS) is 16.4. The van der Waals surface area contributed by atoms with Crippen LogP contribution in [0.15, 0.2) is 185 Å². The van der Waals surface area contributed by atoms with Crippen LogP contribution in [0.1, 0.15) is 22.8 Å². The van der Waals surface area contributed by atoms with E-state index in [1.54, 1.807) is 0 Å². The van der Waals surface area contributed by atoms with Crippen LogP contribution in [0.5, 0.6) is 0 Å². The molecule has 9 aromatic rings. The van der Waals surface area contributed by atoms with Gasteiger partial charge in [-0.1, -0.05) is 121 Å². The van der Waals surface area contributed by atoms with Gasteiger partial charge in [0.15, 0.2) is 0 Å². The summed E-state index contributed by atoms with van der Waals surface area (Å²) in [6, 6.07) is 54.5. The predicted molar refractivity (Wildman–Crippen MR) is 216 cm³/mol. The van der Waals surface area contributed by atoms with Crippen LogP contribution in [0.4, 0.5) is 0 Å². The molecule has 2 aliphatic carbocycles. The Bertz CT molecular complexity index is 2970. The van der Waals surface area contributed by atoms with E-state index in [-0.39, 0.29) is 11.8 Å². The minimum Gasteiger partial charge on any atom is -0.460 e. The molecule has 2 heteroatoms. The molecule has 11 rings (SSSR count). The molecule has 0 aliphatic heterocycles. The Morgan fingerprint density at radius 2 is 0.981 bits per heavy atom. The van der Waals surface area contributed by atoms with Gasteiger partial charge in [0.2, 0.25) is 0 Å². The van der Waals surface area contributed by atoms with E-state index in [2.05, 4.69) is 170 Å². The molecule has 244 valence electrons. The van der Waals surface area contributed by atoms with Crippen molar-refractivity contribution >= 4 is 55.3 Å². The molecule has 0 bridgehead atoms. The van der Waals surface area contributed by atoms with Crippen molar-refractivity contribution in [2.24, 2.45) is 5.92 Å². The van der Waals surface area contributed by atoms with Gasteiger partial charge in [0.25, 0.3) is 0 Å². The van der Waals surface area contributed by atoms with E-state index in [0.717, 1.165) is 55.4 Å². The minimum absolute atomic E-state index is 0.104. The van der Waals surface area contributed by atoms with E-state index >= 15 is 0 Å². The first-order valence-electron chi connectivity index (χ1n) is 18.0. The van der Waals surface area contributed by atoms with Gasteiger partial charge in [0.05, 0.1) is 0 Å². The molecule has 0 N–H and O–H groups in total. The number of hydrogen-bond donors (Lipinski definition) is 0. The molecule has 2 aliphatic rings. The van der Waals surface area contributed by atoms with Crippen LogP contribution in [0.2, 0.25) is 0 Å². The van der Waals surface area contributed by atoms with Crippen LogP contribution in [0.25, 0.3) is 88.7 Å². The number of fused-ring (bicyclic) bond motifs is 9. The SMILES string of the molecule is C1=CC2C(c3cc(-c4ccc5ccccc5c4)cc(-c4ccc5c(c4)oc4ccccc45)c3)=Cc3c(oc4cc(-c5ccccc5)ccc34)C2C=C1. The molecule has 0 saturated heterocycles. The highest BCUT2D eigenvalue weighted by molar-refractivity contribution is 6.06. The topological polar surface area (TPSA) is 26.3 Å². The molecule has 2 heterocycles. The van der Waals surface area contributed by atoms with Crippen molar-refractivity contribution in [1.29, 1.82) is 0 Å². The summed E-state index contributed by atoms with van der Waals surface area (Å²) >= 11 is 0. The van der Waals surface area contributed by atoms with E-state index in [1.807, 2.05) is 12.1 Å². The number of rotatable bonds is 4. The average Bonchev–Trinajstić information content (AvgIpc) is 3.78. The Balaban J connectivity index is 1.12. The monoisotopic (exact) mass is 664 g/mol. The van der Waals surface area contributed by atoms with Crippen LogP contribution in [0.3, 0.4) is 0 Å². The summed E-state index contributed by atoms with van der Waals surface area (Å²) in [4.78, 5) is 0. The van der Waals surface area contributed by atoms with Crippen molar-refractivity contribution in [3.05, 3.63) is 193 Å². The van der Waals surface area contributed by atoms with E-state index in [0.29, 0.717) is 0 Å². The molecule has 7 aromatic carbocycles. The van der Waals surface area contributed by atoms with Crippen LogP contribution < -0.4 is 0 Å². The third-order valence-corrected chi connectivity index (χ3v) is 11.0. The van der Waals surface area contributed by atoms with Crippen LogP contribution >= 0.6 is 0 Å². The summed E-state index contributed by atoms with van der Waals surface area (Å²) in [6.07, 6.45) is 11.4. The Labute approximate surface area is 301 Å². The second kappa shape index (κ2) is 11.4. The molecule has 2 unspecified atom stereocenters. The molecular formula is C50H32O2. The fourth-order valence-corrected chi connectivity index (χ4v) is 8.43. The first-order chi connectivity index (χ1) is 25.7. The third-order valence-electron chi connectivity index (χ3n) is 11.0. The van der Waals surface area contributed by atoms with Gasteiger partial charge in [0, 0.05) is 33.6 Å². The highest BCUT2D eigenvalue weighted by atomic mass is 16.3. The number of allylic oxidation sites excluding steroid dienone is 5. The Kier molecular flexibility index (Phi) is 6.41. The third kappa shape index (κ3) is 4.65. The second-order valence-corrected chi connectivity index (χ2v) is 14.0. The molecular weight excluding hydrogens is 633 g/mol. The maximum absolute atomic E-state index is 6.76. The summed E-state index contributed by atoms with van der Waals surface area (Å²) in [5, 5.41) is 5.90. The van der Waals surface area contributed by atoms with E-state index in [4.69, 9.17) is 8.83 Å². The predicted octanol–water partition coefficient (Wildman–Crippen LogP) is 13.9. The van der Waals surface area contributed by atoms with Crippen molar-refractivity contribution in [2.75, 3.05) is 0 Å². The summed E-state index contributed by atoms with van der Waals surface area (Å²) in [5.74, 6) is 1.28. The number of hydrogen-bond acceptors (Lipinski definition) is 2. The molecule has 0 saturated carbocycles. The van der Waals surface area contributed by atoms with E-state index in [9.17, 15) is 0 Å². The highest BCUT2D eigenvalue weighted by Crippen LogP contribution is 2.50. The van der Waals surface area contributed by atoms with Gasteiger partial charge in [-0.3, -0.25) is 0 Å². The fraction of sp³-hybridized carbons (Fsp3) is 0.0400. The van der Waals surface area contributed by atoms with Crippen LogP contribution in [-0.4, -0.2) is 0 Å². The van der Waals surface area contributed by atoms with Crippen molar-refractivity contribution < 1.29 is 8.83 Å². The van der Waals surface area contributed by atoms with Crippen LogP contribution in [0, 0.1) is 5.92 Å². The van der Waals surface area contributed by atoms with Crippen LogP contribution in [-0.2, 0) is 0 Å². The summed E-state index contributed by atoms with van der Waals surface area (Å²) in [5.41, 5.74) is 13.4. The van der Waals surface area contributed by atoms with Gasteiger partial charge >= 0.3 is 0 Å². The van der Waals surface area contributed by atoms with Gasteiger partial charge in [-0.05, 0) is 116 Å². The standard InChI is InChI=1S/C50H32O2/c1-2-10-31(11-3-1)35-20-23-43-46-30-45(40-14-6-7-16-44(40)50(46)52-49(43)28-35)39-26-37(34-19-18-32-12-4-5-13-33(32)24-34)25-38(27-39)36-21-22-42-41-15-8-9-17-47(41)51-48(42)29-36/h1-30,40,44H. The highest BCUT2D eigenvalue weighted by Gasteiger charge is 2.34. The molecule has 0 amide bonds. The largest absolute Gasteiger partial charge is 0.460 e. The van der Waals surface area contributed by atoms with Gasteiger partial charge in [-0.2, -0.15) is 0 Å². The van der Waals surface area contributed by atoms with Gasteiger partial charge in [-0.15, -0.1) is 0 Å². The van der Waals surface area contributed by atoms with Crippen molar-refractivity contribution in [1.82, 2.24) is 0 Å². The first kappa shape index (κ1) is 29.1. The molecule has 0 fully saturated rings. The Morgan fingerprint density at radius 1 is 0.365 bits per heavy atom. The lowest BCUT2D eigenvalue weighted by Crippen LogP contribution is -2.17. The summed E-state index contributed by atoms with van der Waals surface area (Å²) in [6.45, 7) is 0. The minimum atomic E-state index is 0.104. The van der Waals surface area contributed by atoms with E-state index < -0.39 is 0 Å². The lowest BCUT2D eigenvalue weighted by Gasteiger charge is -2.30. The number of para-hydroxylation sites is 1. The number of furan rings is 2. The van der Waals surface area contributed by atoms with E-state index in [1.165, 1.54) is 44.2 Å². The zero-order valence-corrected chi connectivity index (χ0v) is 28.3. The van der Waals surface area contributed by atoms with Gasteiger partial charge < -0.3 is 8.83 Å². The van der Waals surface area contributed by atoms with Gasteiger partial charge in [0.1, 0.15) is 22.5 Å². The average molecular weight is 665 g/mol. The van der Waals surface area contributed by atoms with Crippen molar-refractivity contribution in [2.45, 2.75) is 5.92 Å². The molecule has 2 nitrogen and oxygen atoms in total. The van der Waals surface area contributed by atoms with Crippen molar-refractivity contribution in [3.8, 4) is 33.4 Å². The lowest BCUT2D eigenvalue weighted by molar-refractivity contribution is 0.496. The molecule has 0 spiro atoms. The van der Waals surface area contributed by atoms with Gasteiger partial charge in [-0.25, -0.2) is 0 Å². The Hall–Kier alpha value is -6.64. The molecule has 2 aromatic heterocycles. The Morgan fingerprint density at radius 3 is 1.83 bits per heavy atom. The summed E-state index contributed by atoms with van der Waals surface area (Å²) in [7, 11) is 0. The quantitative estimate of drug-likeness (QED) is 0.187. The molecule has 52 heavy (non-hydrogen) atoms. The fourth-order valence-electron chi connectivity index (χ4n) is 8.43. The zero-order valence-electron chi connectivity index (χ0n) is 28.3. The molecule has 0 radical (unpaired) electrons. The molecule has 2 atom stereocenters. The summed E-state index contributed by atoms with van der Waals surface area (Å²) < 4.78 is 13.1. The lowest BCUT2D eigenvalue weighted by atomic mass is 9.73. The maximum Gasteiger partial charge on any atom is 0.136 e. The smallest absolute Gasteiger partial charge is 0.136 e. The second-order valence-electron chi connectivity index (χ2n) is 14.0. The maximum atomic E-state index is 6.76.